The SMILES string of the molecule is O=C[C@@H]1CCCN1C(=O)C1CCCC1C(=O)CSCc1ccccc1. The molecule has 0 spiro atoms. The summed E-state index contributed by atoms with van der Waals surface area (Å²) in [5, 5.41) is 0. The Hall–Kier alpha value is -1.62. The summed E-state index contributed by atoms with van der Waals surface area (Å²) in [7, 11) is 0. The molecule has 2 fully saturated rings. The molecular weight excluding hydrogens is 334 g/mol. The highest BCUT2D eigenvalue weighted by atomic mass is 32.2. The largest absolute Gasteiger partial charge is 0.333 e. The van der Waals surface area contributed by atoms with E-state index >= 15 is 0 Å². The number of carbonyl (C=O) groups is 3. The Balaban J connectivity index is 1.54. The second-order valence-electron chi connectivity index (χ2n) is 6.97. The molecule has 134 valence electrons. The van der Waals surface area contributed by atoms with Gasteiger partial charge in [0.1, 0.15) is 12.1 Å². The van der Waals surface area contributed by atoms with Gasteiger partial charge >= 0.3 is 0 Å². The van der Waals surface area contributed by atoms with E-state index in [1.807, 2.05) is 18.2 Å². The number of likely N-dealkylation sites (tertiary alicyclic amines) is 1. The molecule has 1 saturated heterocycles. The predicted molar refractivity (Wildman–Crippen MR) is 99.2 cm³/mol. The number of benzene rings is 1. The van der Waals surface area contributed by atoms with Crippen molar-refractivity contribution in [3.63, 3.8) is 0 Å². The summed E-state index contributed by atoms with van der Waals surface area (Å²) in [5.41, 5.74) is 1.21. The lowest BCUT2D eigenvalue weighted by Crippen LogP contribution is -2.42. The van der Waals surface area contributed by atoms with Crippen LogP contribution < -0.4 is 0 Å². The van der Waals surface area contributed by atoms with Crippen molar-refractivity contribution >= 4 is 29.7 Å². The van der Waals surface area contributed by atoms with Gasteiger partial charge in [-0.15, -0.1) is 11.8 Å². The van der Waals surface area contributed by atoms with Crippen molar-refractivity contribution in [3.05, 3.63) is 35.9 Å². The van der Waals surface area contributed by atoms with E-state index in [0.717, 1.165) is 44.1 Å². The molecule has 1 aliphatic carbocycles. The van der Waals surface area contributed by atoms with E-state index in [9.17, 15) is 14.4 Å². The molecule has 0 radical (unpaired) electrons. The number of aldehydes is 1. The average Bonchev–Trinajstić information content (AvgIpc) is 3.31. The lowest BCUT2D eigenvalue weighted by atomic mass is 9.91. The maximum absolute atomic E-state index is 12.8. The molecule has 0 aromatic heterocycles. The van der Waals surface area contributed by atoms with Crippen molar-refractivity contribution in [2.45, 2.75) is 43.9 Å². The van der Waals surface area contributed by atoms with E-state index in [1.165, 1.54) is 5.56 Å². The van der Waals surface area contributed by atoms with Crippen LogP contribution in [0.3, 0.4) is 0 Å². The van der Waals surface area contributed by atoms with Crippen LogP contribution in [-0.4, -0.2) is 41.2 Å². The first-order valence-corrected chi connectivity index (χ1v) is 10.3. The molecule has 1 aromatic rings. The van der Waals surface area contributed by atoms with E-state index in [2.05, 4.69) is 12.1 Å². The fourth-order valence-electron chi connectivity index (χ4n) is 4.01. The number of hydrogen-bond donors (Lipinski definition) is 0. The molecule has 1 aliphatic heterocycles. The highest BCUT2D eigenvalue weighted by Gasteiger charge is 2.41. The van der Waals surface area contributed by atoms with Crippen molar-refractivity contribution in [2.75, 3.05) is 12.3 Å². The number of thioether (sulfide) groups is 1. The first-order chi connectivity index (χ1) is 12.2. The first kappa shape index (κ1) is 18.2. The van der Waals surface area contributed by atoms with E-state index in [0.29, 0.717) is 12.3 Å². The van der Waals surface area contributed by atoms with E-state index in [4.69, 9.17) is 0 Å². The molecule has 1 heterocycles. The van der Waals surface area contributed by atoms with Crippen LogP contribution in [0.2, 0.25) is 0 Å². The molecule has 25 heavy (non-hydrogen) atoms. The highest BCUT2D eigenvalue weighted by Crippen LogP contribution is 2.36. The van der Waals surface area contributed by atoms with Gasteiger partial charge in [0.15, 0.2) is 0 Å². The minimum Gasteiger partial charge on any atom is -0.333 e. The summed E-state index contributed by atoms with van der Waals surface area (Å²) in [6, 6.07) is 9.83. The van der Waals surface area contributed by atoms with Crippen molar-refractivity contribution in [2.24, 2.45) is 11.8 Å². The molecule has 3 atom stereocenters. The third kappa shape index (κ3) is 4.32. The lowest BCUT2D eigenvalue weighted by molar-refractivity contribution is -0.141. The molecule has 2 unspecified atom stereocenters. The Labute approximate surface area is 153 Å². The minimum absolute atomic E-state index is 0.0264. The smallest absolute Gasteiger partial charge is 0.227 e. The molecule has 1 aromatic carbocycles. The van der Waals surface area contributed by atoms with Crippen molar-refractivity contribution < 1.29 is 14.4 Å². The third-order valence-electron chi connectivity index (χ3n) is 5.34. The lowest BCUT2D eigenvalue weighted by Gasteiger charge is -2.26. The summed E-state index contributed by atoms with van der Waals surface area (Å²) in [5.74, 6) is 1.11. The molecule has 1 saturated carbocycles. The van der Waals surface area contributed by atoms with Crippen LogP contribution in [0.15, 0.2) is 30.3 Å². The van der Waals surface area contributed by atoms with Crippen LogP contribution in [0.5, 0.6) is 0 Å². The Morgan fingerprint density at radius 3 is 2.60 bits per heavy atom. The van der Waals surface area contributed by atoms with Crippen molar-refractivity contribution in [3.8, 4) is 0 Å². The van der Waals surface area contributed by atoms with Crippen LogP contribution >= 0.6 is 11.8 Å². The summed E-state index contributed by atoms with van der Waals surface area (Å²) in [6.07, 6.45) is 5.03. The quantitative estimate of drug-likeness (QED) is 0.702. The minimum atomic E-state index is -0.281. The number of ketones is 1. The number of nitrogens with zero attached hydrogens (tertiary/aromatic N) is 1. The Morgan fingerprint density at radius 1 is 1.08 bits per heavy atom. The average molecular weight is 359 g/mol. The monoisotopic (exact) mass is 359 g/mol. The number of rotatable bonds is 7. The van der Waals surface area contributed by atoms with E-state index in [-0.39, 0.29) is 29.6 Å². The van der Waals surface area contributed by atoms with Crippen molar-refractivity contribution in [1.82, 2.24) is 4.90 Å². The zero-order valence-electron chi connectivity index (χ0n) is 14.4. The number of carbonyl (C=O) groups excluding carboxylic acids is 3. The fraction of sp³-hybridized carbons (Fsp3) is 0.550. The summed E-state index contributed by atoms with van der Waals surface area (Å²) in [4.78, 5) is 38.4. The maximum Gasteiger partial charge on any atom is 0.227 e. The van der Waals surface area contributed by atoms with Gasteiger partial charge in [-0.1, -0.05) is 36.8 Å². The molecule has 3 rings (SSSR count). The van der Waals surface area contributed by atoms with Gasteiger partial charge in [-0.05, 0) is 31.2 Å². The van der Waals surface area contributed by atoms with Gasteiger partial charge in [0.2, 0.25) is 5.91 Å². The molecule has 2 aliphatic rings. The van der Waals surface area contributed by atoms with Gasteiger partial charge in [0.25, 0.3) is 0 Å². The third-order valence-corrected chi connectivity index (χ3v) is 6.37. The fourth-order valence-corrected chi connectivity index (χ4v) is 4.96. The van der Waals surface area contributed by atoms with Crippen LogP contribution in [0.1, 0.15) is 37.7 Å². The van der Waals surface area contributed by atoms with Gasteiger partial charge in [-0.3, -0.25) is 9.59 Å². The Kier molecular flexibility index (Phi) is 6.29. The zero-order valence-corrected chi connectivity index (χ0v) is 15.2. The standard InChI is InChI=1S/C20H25NO3S/c22-12-16-8-5-11-21(16)20(24)18-10-4-9-17(18)19(23)14-25-13-15-6-2-1-3-7-15/h1-3,6-7,12,16-18H,4-5,8-11,13-14H2/t16-,17?,18?/m0/s1. The predicted octanol–water partition coefficient (Wildman–Crippen LogP) is 3.10. The van der Waals surface area contributed by atoms with Crippen LogP contribution in [0.25, 0.3) is 0 Å². The maximum atomic E-state index is 12.8. The van der Waals surface area contributed by atoms with Crippen molar-refractivity contribution in [1.29, 1.82) is 0 Å². The molecule has 1 amide bonds. The Bertz CT molecular complexity index is 619. The number of amides is 1. The van der Waals surface area contributed by atoms with E-state index in [1.54, 1.807) is 16.7 Å². The number of hydrogen-bond acceptors (Lipinski definition) is 4. The molecule has 0 bridgehead atoms. The van der Waals surface area contributed by atoms with E-state index < -0.39 is 0 Å². The molecular formula is C20H25NO3S. The summed E-state index contributed by atoms with van der Waals surface area (Å²) >= 11 is 1.62. The van der Waals surface area contributed by atoms with Gasteiger partial charge in [-0.2, -0.15) is 0 Å². The molecule has 0 N–H and O–H groups in total. The highest BCUT2D eigenvalue weighted by molar-refractivity contribution is 7.99. The molecule has 4 nitrogen and oxygen atoms in total. The van der Waals surface area contributed by atoms with Gasteiger partial charge in [-0.25, -0.2) is 0 Å². The second kappa shape index (κ2) is 8.65. The van der Waals surface area contributed by atoms with Gasteiger partial charge in [0.05, 0.1) is 11.8 Å². The van der Waals surface area contributed by atoms with Crippen LogP contribution in [-0.2, 0) is 20.1 Å². The van der Waals surface area contributed by atoms with Gasteiger partial charge in [0, 0.05) is 24.1 Å². The number of Topliss-reactive ketones (excluding diaryl/α,β-unsaturated/α-hetero) is 1. The second-order valence-corrected chi connectivity index (χ2v) is 7.95. The normalized spacial score (nSPS) is 25.9. The topological polar surface area (TPSA) is 54.5 Å². The molecule has 5 heteroatoms. The summed E-state index contributed by atoms with van der Waals surface area (Å²) in [6.45, 7) is 0.655. The summed E-state index contributed by atoms with van der Waals surface area (Å²) < 4.78 is 0. The first-order valence-electron chi connectivity index (χ1n) is 9.11. The van der Waals surface area contributed by atoms with Crippen LogP contribution in [0.4, 0.5) is 0 Å². The van der Waals surface area contributed by atoms with Gasteiger partial charge < -0.3 is 9.69 Å². The zero-order chi connectivity index (χ0) is 17.6. The van der Waals surface area contributed by atoms with Crippen LogP contribution in [0, 0.1) is 11.8 Å². The Morgan fingerprint density at radius 2 is 1.84 bits per heavy atom.